The summed E-state index contributed by atoms with van der Waals surface area (Å²) in [6.45, 7) is 0.396. The van der Waals surface area contributed by atoms with Gasteiger partial charge in [-0.15, -0.1) is 0 Å². The number of alkyl halides is 3. The Hall–Kier alpha value is -3.55. The molecule has 0 fully saturated rings. The van der Waals surface area contributed by atoms with Gasteiger partial charge in [0.25, 0.3) is 0 Å². The summed E-state index contributed by atoms with van der Waals surface area (Å²) < 4.78 is 44.3. The van der Waals surface area contributed by atoms with E-state index in [0.717, 1.165) is 28.9 Å². The van der Waals surface area contributed by atoms with Crippen LogP contribution in [0.3, 0.4) is 0 Å². The molecule has 0 spiro atoms. The van der Waals surface area contributed by atoms with Crippen molar-refractivity contribution in [2.24, 2.45) is 0 Å². The summed E-state index contributed by atoms with van der Waals surface area (Å²) in [5.74, 6) is -0.518. The first-order chi connectivity index (χ1) is 14.8. The lowest BCUT2D eigenvalue weighted by atomic mass is 10.1. The van der Waals surface area contributed by atoms with Crippen LogP contribution < -0.4 is 10.1 Å². The van der Waals surface area contributed by atoms with Gasteiger partial charge in [-0.3, -0.25) is 4.79 Å². The second-order valence-corrected chi connectivity index (χ2v) is 6.89. The number of aliphatic carboxylic acids is 1. The van der Waals surface area contributed by atoms with Crippen molar-refractivity contribution in [3.05, 3.63) is 77.4 Å². The molecule has 2 aromatic carbocycles. The molecular weight excluding hydrogens is 409 g/mol. The average molecular weight is 430 g/mol. The standard InChI is InChI=1S/C23H21F3N2O3/c1-31-22-17(14-27-19-9-5-15(6-10-19)7-12-21(29)30)8-11-20(28-22)16-3-2-4-18(13-16)23(24,25)26/h2-6,8-11,13,27H,7,12,14H2,1H3,(H,29,30). The fourth-order valence-corrected chi connectivity index (χ4v) is 3.03. The highest BCUT2D eigenvalue weighted by Gasteiger charge is 2.30. The molecule has 31 heavy (non-hydrogen) atoms. The third-order valence-corrected chi connectivity index (χ3v) is 4.68. The van der Waals surface area contributed by atoms with Crippen LogP contribution in [-0.2, 0) is 23.9 Å². The maximum atomic E-state index is 13.0. The number of hydrogen-bond donors (Lipinski definition) is 2. The summed E-state index contributed by atoms with van der Waals surface area (Å²) in [5.41, 5.74) is 2.51. The summed E-state index contributed by atoms with van der Waals surface area (Å²) in [4.78, 5) is 15.0. The maximum absolute atomic E-state index is 13.0. The van der Waals surface area contributed by atoms with Crippen molar-refractivity contribution in [2.75, 3.05) is 12.4 Å². The Kier molecular flexibility index (Phi) is 6.79. The Balaban J connectivity index is 1.71. The summed E-state index contributed by atoms with van der Waals surface area (Å²) in [7, 11) is 1.46. The first kappa shape index (κ1) is 22.1. The summed E-state index contributed by atoms with van der Waals surface area (Å²) in [6, 6.07) is 15.8. The van der Waals surface area contributed by atoms with Gasteiger partial charge in [-0.1, -0.05) is 24.3 Å². The molecule has 0 aliphatic rings. The number of nitrogens with one attached hydrogen (secondary N) is 1. The SMILES string of the molecule is COc1nc(-c2cccc(C(F)(F)F)c2)ccc1CNc1ccc(CCC(=O)O)cc1. The van der Waals surface area contributed by atoms with Gasteiger partial charge < -0.3 is 15.2 Å². The molecule has 3 rings (SSSR count). The first-order valence-corrected chi connectivity index (χ1v) is 9.52. The van der Waals surface area contributed by atoms with E-state index in [2.05, 4.69) is 10.3 Å². The molecule has 162 valence electrons. The van der Waals surface area contributed by atoms with Crippen molar-refractivity contribution in [3.63, 3.8) is 0 Å². The topological polar surface area (TPSA) is 71.5 Å². The lowest BCUT2D eigenvalue weighted by Crippen LogP contribution is -2.05. The van der Waals surface area contributed by atoms with Gasteiger partial charge in [-0.2, -0.15) is 13.2 Å². The maximum Gasteiger partial charge on any atom is 0.416 e. The minimum Gasteiger partial charge on any atom is -0.481 e. The van der Waals surface area contributed by atoms with Crippen LogP contribution in [-0.4, -0.2) is 23.2 Å². The smallest absolute Gasteiger partial charge is 0.416 e. The van der Waals surface area contributed by atoms with E-state index in [1.165, 1.54) is 13.2 Å². The summed E-state index contributed by atoms with van der Waals surface area (Å²) in [5, 5.41) is 12.0. The van der Waals surface area contributed by atoms with Crippen molar-refractivity contribution in [1.82, 2.24) is 4.98 Å². The molecule has 0 radical (unpaired) electrons. The van der Waals surface area contributed by atoms with Gasteiger partial charge in [-0.05, 0) is 48.4 Å². The van der Waals surface area contributed by atoms with Crippen molar-refractivity contribution in [3.8, 4) is 17.1 Å². The number of carbonyl (C=O) groups is 1. The molecule has 3 aromatic rings. The highest BCUT2D eigenvalue weighted by Crippen LogP contribution is 2.32. The normalized spacial score (nSPS) is 11.2. The molecule has 0 unspecified atom stereocenters. The first-order valence-electron chi connectivity index (χ1n) is 9.52. The van der Waals surface area contributed by atoms with Gasteiger partial charge >= 0.3 is 12.1 Å². The van der Waals surface area contributed by atoms with Crippen molar-refractivity contribution < 1.29 is 27.8 Å². The molecule has 2 N–H and O–H groups in total. The van der Waals surface area contributed by atoms with E-state index in [-0.39, 0.29) is 6.42 Å². The number of rotatable bonds is 8. The second-order valence-electron chi connectivity index (χ2n) is 6.89. The number of benzene rings is 2. The number of carboxylic acids is 1. The molecular formula is C23H21F3N2O3. The number of pyridine rings is 1. The Bertz CT molecular complexity index is 1050. The van der Waals surface area contributed by atoms with E-state index in [9.17, 15) is 18.0 Å². The Labute approximate surface area is 177 Å². The lowest BCUT2D eigenvalue weighted by molar-refractivity contribution is -0.138. The molecule has 0 aliphatic heterocycles. The Morgan fingerprint density at radius 1 is 1.10 bits per heavy atom. The number of hydrogen-bond acceptors (Lipinski definition) is 4. The molecule has 1 heterocycles. The van der Waals surface area contributed by atoms with E-state index in [1.807, 2.05) is 24.3 Å². The Morgan fingerprint density at radius 3 is 2.48 bits per heavy atom. The largest absolute Gasteiger partial charge is 0.481 e. The fraction of sp³-hybridized carbons (Fsp3) is 0.217. The zero-order valence-corrected chi connectivity index (χ0v) is 16.7. The number of ether oxygens (including phenoxy) is 1. The molecule has 8 heteroatoms. The number of carboxylic acid groups (broad SMARTS) is 1. The number of anilines is 1. The molecule has 0 bridgehead atoms. The molecule has 5 nitrogen and oxygen atoms in total. The third-order valence-electron chi connectivity index (χ3n) is 4.68. The van der Waals surface area contributed by atoms with Crippen LogP contribution in [0.15, 0.2) is 60.7 Å². The van der Waals surface area contributed by atoms with Crippen LogP contribution in [0.1, 0.15) is 23.1 Å². The van der Waals surface area contributed by atoms with Gasteiger partial charge in [0, 0.05) is 29.8 Å². The van der Waals surface area contributed by atoms with E-state index < -0.39 is 17.7 Å². The lowest BCUT2D eigenvalue weighted by Gasteiger charge is -2.13. The van der Waals surface area contributed by atoms with Gasteiger partial charge in [0.15, 0.2) is 0 Å². The van der Waals surface area contributed by atoms with Crippen LogP contribution in [0.25, 0.3) is 11.3 Å². The molecule has 0 aliphatic carbocycles. The molecule has 0 saturated heterocycles. The van der Waals surface area contributed by atoms with Gasteiger partial charge in [0.05, 0.1) is 18.4 Å². The van der Waals surface area contributed by atoms with E-state index in [0.29, 0.717) is 30.1 Å². The second kappa shape index (κ2) is 9.51. The van der Waals surface area contributed by atoms with Crippen LogP contribution in [0.2, 0.25) is 0 Å². The highest BCUT2D eigenvalue weighted by molar-refractivity contribution is 5.67. The van der Waals surface area contributed by atoms with Gasteiger partial charge in [-0.25, -0.2) is 4.98 Å². The van der Waals surface area contributed by atoms with E-state index in [4.69, 9.17) is 9.84 Å². The minimum atomic E-state index is -4.42. The van der Waals surface area contributed by atoms with Gasteiger partial charge in [0.2, 0.25) is 5.88 Å². The number of aromatic nitrogens is 1. The van der Waals surface area contributed by atoms with Crippen molar-refractivity contribution >= 4 is 11.7 Å². The quantitative estimate of drug-likeness (QED) is 0.500. The van der Waals surface area contributed by atoms with Crippen molar-refractivity contribution in [1.29, 1.82) is 0 Å². The van der Waals surface area contributed by atoms with E-state index in [1.54, 1.807) is 18.2 Å². The van der Waals surface area contributed by atoms with E-state index >= 15 is 0 Å². The van der Waals surface area contributed by atoms with Crippen LogP contribution in [0, 0.1) is 0 Å². The number of methoxy groups -OCH3 is 1. The fourth-order valence-electron chi connectivity index (χ4n) is 3.03. The molecule has 1 aromatic heterocycles. The molecule has 0 amide bonds. The van der Waals surface area contributed by atoms with Gasteiger partial charge in [0.1, 0.15) is 0 Å². The monoisotopic (exact) mass is 430 g/mol. The predicted octanol–water partition coefficient (Wildman–Crippen LogP) is 5.41. The summed E-state index contributed by atoms with van der Waals surface area (Å²) in [6.07, 6.45) is -3.88. The number of nitrogens with zero attached hydrogens (tertiary/aromatic N) is 1. The van der Waals surface area contributed by atoms with Crippen LogP contribution in [0.5, 0.6) is 5.88 Å². The molecule has 0 atom stereocenters. The number of halogens is 3. The minimum absolute atomic E-state index is 0.0773. The highest BCUT2D eigenvalue weighted by atomic mass is 19.4. The number of aryl methyl sites for hydroxylation is 1. The van der Waals surface area contributed by atoms with Crippen LogP contribution >= 0.6 is 0 Å². The summed E-state index contributed by atoms with van der Waals surface area (Å²) >= 11 is 0. The van der Waals surface area contributed by atoms with Crippen molar-refractivity contribution in [2.45, 2.75) is 25.6 Å². The predicted molar refractivity (Wildman–Crippen MR) is 111 cm³/mol. The zero-order chi connectivity index (χ0) is 22.4. The Morgan fingerprint density at radius 2 is 1.84 bits per heavy atom. The molecule has 0 saturated carbocycles. The third kappa shape index (κ3) is 5.97. The average Bonchev–Trinajstić information content (AvgIpc) is 2.76. The zero-order valence-electron chi connectivity index (χ0n) is 16.7. The van der Waals surface area contributed by atoms with Crippen LogP contribution in [0.4, 0.5) is 18.9 Å².